The molecule has 10 heavy (non-hydrogen) atoms. The van der Waals surface area contributed by atoms with Gasteiger partial charge >= 0.3 is 16.5 Å². The Hall–Kier alpha value is -0.0500. The highest BCUT2D eigenvalue weighted by molar-refractivity contribution is 7.52. The van der Waals surface area contributed by atoms with Crippen LogP contribution >= 0.6 is 16.5 Å². The van der Waals surface area contributed by atoms with Crippen LogP contribution in [0.3, 0.4) is 0 Å². The van der Waals surface area contributed by atoms with E-state index in [4.69, 9.17) is 4.89 Å². The molecular weight excluding hydrogens is 178 g/mol. The molecule has 1 atom stereocenters. The predicted octanol–water partition coefficient (Wildman–Crippen LogP) is 1.51. The summed E-state index contributed by atoms with van der Waals surface area (Å²) in [6.45, 7) is 3.11. The van der Waals surface area contributed by atoms with Gasteiger partial charge in [-0.25, -0.2) is 9.13 Å². The van der Waals surface area contributed by atoms with Crippen molar-refractivity contribution in [2.45, 2.75) is 0 Å². The van der Waals surface area contributed by atoms with Crippen LogP contribution in [0.15, 0.2) is 12.7 Å². The number of phosphoric acid groups is 1. The minimum absolute atomic E-state index is 0.122. The van der Waals surface area contributed by atoms with Crippen molar-refractivity contribution in [3.63, 3.8) is 0 Å². The maximum atomic E-state index is 10.4. The molecule has 0 aliphatic carbocycles. The molecule has 5 nitrogen and oxygen atoms in total. The van der Waals surface area contributed by atoms with Gasteiger partial charge in [-0.05, 0) is 0 Å². The topological polar surface area (TPSA) is 72.8 Å². The van der Waals surface area contributed by atoms with Gasteiger partial charge in [-0.3, -0.25) is 4.52 Å². The zero-order valence-corrected chi connectivity index (χ0v) is 6.76. The number of hydrogen-bond donors (Lipinski definition) is 1. The van der Waals surface area contributed by atoms with E-state index >= 15 is 0 Å². The molecule has 0 aromatic carbocycles. The quantitative estimate of drug-likeness (QED) is 0.517. The van der Waals surface area contributed by atoms with Gasteiger partial charge in [-0.15, -0.1) is 6.58 Å². The maximum Gasteiger partial charge on any atom is 0.483 e. The van der Waals surface area contributed by atoms with Crippen LogP contribution in [0.25, 0.3) is 0 Å². The normalized spacial score (nSPS) is 16.5. The SMILES string of the molecule is C=CCOP(=O)(O)OP=O. The van der Waals surface area contributed by atoms with Crippen molar-refractivity contribution < 1.29 is 22.9 Å². The van der Waals surface area contributed by atoms with Crippen LogP contribution in [-0.4, -0.2) is 11.5 Å². The summed E-state index contributed by atoms with van der Waals surface area (Å²) >= 11 is 0. The van der Waals surface area contributed by atoms with E-state index in [1.165, 1.54) is 6.08 Å². The second-order valence-electron chi connectivity index (χ2n) is 1.21. The van der Waals surface area contributed by atoms with Crippen molar-refractivity contribution in [2.24, 2.45) is 0 Å². The van der Waals surface area contributed by atoms with Gasteiger partial charge in [0.15, 0.2) is 0 Å². The molecule has 0 radical (unpaired) electrons. The molecule has 0 rings (SSSR count). The van der Waals surface area contributed by atoms with E-state index < -0.39 is 16.5 Å². The molecule has 0 amide bonds. The van der Waals surface area contributed by atoms with Crippen molar-refractivity contribution in [3.8, 4) is 0 Å². The second-order valence-corrected chi connectivity index (χ2v) is 3.21. The van der Waals surface area contributed by atoms with E-state index in [2.05, 4.69) is 15.4 Å². The van der Waals surface area contributed by atoms with E-state index in [1.807, 2.05) is 0 Å². The Morgan fingerprint density at radius 2 is 2.40 bits per heavy atom. The third-order valence-corrected chi connectivity index (χ3v) is 2.06. The molecule has 0 fully saturated rings. The van der Waals surface area contributed by atoms with Crippen LogP contribution in [0.2, 0.25) is 0 Å². The predicted molar refractivity (Wildman–Crippen MR) is 34.7 cm³/mol. The van der Waals surface area contributed by atoms with Gasteiger partial charge in [0.1, 0.15) is 0 Å². The fourth-order valence-corrected chi connectivity index (χ4v) is 1.03. The minimum Gasteiger partial charge on any atom is -0.302 e. The van der Waals surface area contributed by atoms with E-state index in [0.717, 1.165) is 0 Å². The third kappa shape index (κ3) is 4.79. The zero-order chi connectivity index (χ0) is 8.04. The van der Waals surface area contributed by atoms with Gasteiger partial charge in [-0.2, -0.15) is 4.31 Å². The Bertz CT molecular complexity index is 166. The largest absolute Gasteiger partial charge is 0.483 e. The average molecular weight is 184 g/mol. The summed E-state index contributed by atoms with van der Waals surface area (Å²) in [5, 5.41) is 0. The first-order chi connectivity index (χ1) is 4.62. The summed E-state index contributed by atoms with van der Waals surface area (Å²) in [5.74, 6) is 0. The fourth-order valence-electron chi connectivity index (χ4n) is 0.213. The van der Waals surface area contributed by atoms with Gasteiger partial charge in [0.05, 0.1) is 6.61 Å². The second kappa shape index (κ2) is 4.72. The molecule has 0 aromatic rings. The molecule has 0 bridgehead atoms. The molecule has 1 unspecified atom stereocenters. The lowest BCUT2D eigenvalue weighted by Crippen LogP contribution is -1.87. The van der Waals surface area contributed by atoms with Crippen molar-refractivity contribution in [1.82, 2.24) is 0 Å². The Kier molecular flexibility index (Phi) is 4.69. The molecule has 58 valence electrons. The Labute approximate surface area is 59.6 Å². The molecule has 0 heterocycles. The molecule has 7 heteroatoms. The first-order valence-electron chi connectivity index (χ1n) is 2.22. The molecule has 0 saturated heterocycles. The first kappa shape index (κ1) is 9.95. The van der Waals surface area contributed by atoms with Crippen LogP contribution in [0.1, 0.15) is 0 Å². The number of hydrogen-bond acceptors (Lipinski definition) is 4. The lowest BCUT2D eigenvalue weighted by atomic mass is 10.7. The summed E-state index contributed by atoms with van der Waals surface area (Å²) in [6, 6.07) is 0. The number of rotatable bonds is 5. The standard InChI is InChI=1S/C3H6O5P2/c1-2-3-7-10(5,6)8-9-4/h2H,1,3H2,(H,5,6). The fraction of sp³-hybridized carbons (Fsp3) is 0.333. The summed E-state index contributed by atoms with van der Waals surface area (Å²) in [4.78, 5) is 8.50. The summed E-state index contributed by atoms with van der Waals surface area (Å²) in [5.41, 5.74) is 0. The van der Waals surface area contributed by atoms with E-state index in [0.29, 0.717) is 0 Å². The van der Waals surface area contributed by atoms with Crippen molar-refractivity contribution in [2.75, 3.05) is 6.61 Å². The molecule has 0 spiro atoms. The van der Waals surface area contributed by atoms with Crippen LogP contribution in [-0.2, 0) is 18.0 Å². The van der Waals surface area contributed by atoms with E-state index in [1.54, 1.807) is 0 Å². The zero-order valence-electron chi connectivity index (χ0n) is 4.97. The van der Waals surface area contributed by atoms with E-state index in [-0.39, 0.29) is 6.61 Å². The van der Waals surface area contributed by atoms with Gasteiger partial charge in [-0.1, -0.05) is 6.08 Å². The van der Waals surface area contributed by atoms with Crippen LogP contribution in [0.5, 0.6) is 0 Å². The minimum atomic E-state index is -4.11. The highest BCUT2D eigenvalue weighted by atomic mass is 31.2. The Morgan fingerprint density at radius 1 is 1.80 bits per heavy atom. The van der Waals surface area contributed by atoms with Crippen LogP contribution in [0, 0.1) is 0 Å². The smallest absolute Gasteiger partial charge is 0.302 e. The van der Waals surface area contributed by atoms with Gasteiger partial charge in [0, 0.05) is 0 Å². The molecule has 0 saturated carbocycles. The van der Waals surface area contributed by atoms with Gasteiger partial charge in [0.2, 0.25) is 0 Å². The Balaban J connectivity index is 3.74. The van der Waals surface area contributed by atoms with Crippen molar-refractivity contribution in [1.29, 1.82) is 0 Å². The van der Waals surface area contributed by atoms with Crippen LogP contribution in [0.4, 0.5) is 0 Å². The lowest BCUT2D eigenvalue weighted by molar-refractivity contribution is 0.228. The summed E-state index contributed by atoms with van der Waals surface area (Å²) in [6.07, 6.45) is 1.27. The van der Waals surface area contributed by atoms with Crippen LogP contribution < -0.4 is 0 Å². The average Bonchev–Trinajstić information content (AvgIpc) is 1.84. The van der Waals surface area contributed by atoms with E-state index in [9.17, 15) is 9.13 Å². The molecule has 0 aromatic heterocycles. The maximum absolute atomic E-state index is 10.4. The molecule has 0 aliphatic rings. The lowest BCUT2D eigenvalue weighted by Gasteiger charge is -2.03. The summed E-state index contributed by atoms with van der Waals surface area (Å²) < 4.78 is 28.0. The highest BCUT2D eigenvalue weighted by Crippen LogP contribution is 2.46. The highest BCUT2D eigenvalue weighted by Gasteiger charge is 2.20. The van der Waals surface area contributed by atoms with Crippen molar-refractivity contribution in [3.05, 3.63) is 12.7 Å². The molecular formula is C3H6O5P2. The van der Waals surface area contributed by atoms with Crippen molar-refractivity contribution >= 4 is 16.5 Å². The Morgan fingerprint density at radius 3 is 2.80 bits per heavy atom. The third-order valence-electron chi connectivity index (χ3n) is 0.492. The molecule has 1 N–H and O–H groups in total. The van der Waals surface area contributed by atoms with Gasteiger partial charge in [0.25, 0.3) is 0 Å². The summed E-state index contributed by atoms with van der Waals surface area (Å²) in [7, 11) is -4.99. The first-order valence-corrected chi connectivity index (χ1v) is 4.44. The monoisotopic (exact) mass is 184 g/mol. The van der Waals surface area contributed by atoms with Gasteiger partial charge < -0.3 is 4.89 Å². The number of phosphoric ester groups is 1. The molecule has 0 aliphatic heterocycles.